The minimum Gasteiger partial charge on any atom is -0.294 e. The van der Waals surface area contributed by atoms with Gasteiger partial charge >= 0.3 is 0 Å². The Balaban J connectivity index is 1.89. The van der Waals surface area contributed by atoms with Crippen LogP contribution in [0, 0.1) is 18.2 Å². The predicted octanol–water partition coefficient (Wildman–Crippen LogP) is 5.30. The molecule has 3 nitrogen and oxygen atoms in total. The summed E-state index contributed by atoms with van der Waals surface area (Å²) in [5.74, 6) is -0.729. The fourth-order valence-electron chi connectivity index (χ4n) is 4.42. The predicted molar refractivity (Wildman–Crippen MR) is 107 cm³/mol. The van der Waals surface area contributed by atoms with E-state index in [-0.39, 0.29) is 35.3 Å². The average molecular weight is 377 g/mol. The lowest BCUT2D eigenvalue weighted by molar-refractivity contribution is -0.121. The van der Waals surface area contributed by atoms with Gasteiger partial charge in [-0.15, -0.1) is 0 Å². The number of hydrogen-bond acceptors (Lipinski definition) is 2. The molecule has 1 amide bonds. The summed E-state index contributed by atoms with van der Waals surface area (Å²) in [6, 6.07) is 14.1. The molecule has 0 spiro atoms. The molecular weight excluding hydrogens is 353 g/mol. The van der Waals surface area contributed by atoms with Crippen molar-refractivity contribution in [3.63, 3.8) is 0 Å². The van der Waals surface area contributed by atoms with Crippen LogP contribution in [0.4, 0.5) is 10.1 Å². The van der Waals surface area contributed by atoms with Gasteiger partial charge in [-0.2, -0.15) is 0 Å². The number of hydrogen-bond donors (Lipinski definition) is 0. The lowest BCUT2D eigenvalue weighted by Gasteiger charge is -2.43. The van der Waals surface area contributed by atoms with E-state index in [1.807, 2.05) is 31.2 Å². The van der Waals surface area contributed by atoms with Crippen molar-refractivity contribution in [2.24, 2.45) is 5.41 Å². The quantitative estimate of drug-likeness (QED) is 0.712. The largest absolute Gasteiger partial charge is 0.294 e. The summed E-state index contributed by atoms with van der Waals surface area (Å²) < 4.78 is 13.8. The number of Topliss-reactive ketones (excluding diaryl/α,β-unsaturated/α-hetero) is 1. The van der Waals surface area contributed by atoms with E-state index < -0.39 is 0 Å². The van der Waals surface area contributed by atoms with E-state index >= 15 is 0 Å². The van der Waals surface area contributed by atoms with Crippen molar-refractivity contribution in [3.8, 4) is 0 Å². The monoisotopic (exact) mass is 377 g/mol. The Morgan fingerprint density at radius 2 is 1.75 bits per heavy atom. The van der Waals surface area contributed by atoms with Crippen LogP contribution in [0.3, 0.4) is 0 Å². The highest BCUT2D eigenvalue weighted by atomic mass is 19.1. The second-order valence-corrected chi connectivity index (χ2v) is 8.68. The van der Waals surface area contributed by atoms with Crippen molar-refractivity contribution in [1.29, 1.82) is 0 Å². The normalized spacial score (nSPS) is 21.7. The maximum absolute atomic E-state index is 13.8. The van der Waals surface area contributed by atoms with Gasteiger partial charge in [0.2, 0.25) is 5.91 Å². The Kier molecular flexibility index (Phi) is 4.45. The molecule has 1 heterocycles. The van der Waals surface area contributed by atoms with Crippen molar-refractivity contribution in [3.05, 3.63) is 76.7 Å². The van der Waals surface area contributed by atoms with Crippen LogP contribution < -0.4 is 4.90 Å². The molecule has 0 N–H and O–H groups in total. The third-order valence-electron chi connectivity index (χ3n) is 5.69. The van der Waals surface area contributed by atoms with Gasteiger partial charge in [0, 0.05) is 35.7 Å². The molecule has 2 aromatic carbocycles. The van der Waals surface area contributed by atoms with Crippen molar-refractivity contribution in [2.75, 3.05) is 4.90 Å². The number of nitrogens with zero attached hydrogens (tertiary/aromatic N) is 1. The molecule has 1 atom stereocenters. The number of halogens is 1. The van der Waals surface area contributed by atoms with E-state index in [1.165, 1.54) is 12.1 Å². The highest BCUT2D eigenvalue weighted by Crippen LogP contribution is 2.48. The SMILES string of the molecule is Cc1ccc(N2C(=O)CC(c3cccc(F)c3)C3=C2CC(C)(C)CC3=O)cc1. The van der Waals surface area contributed by atoms with Gasteiger partial charge < -0.3 is 0 Å². The third-order valence-corrected chi connectivity index (χ3v) is 5.69. The van der Waals surface area contributed by atoms with Gasteiger partial charge in [-0.1, -0.05) is 43.7 Å². The van der Waals surface area contributed by atoms with Crippen LogP contribution in [0.25, 0.3) is 0 Å². The van der Waals surface area contributed by atoms with Gasteiger partial charge in [0.15, 0.2) is 5.78 Å². The van der Waals surface area contributed by atoms with Crippen LogP contribution in [0.1, 0.15) is 50.2 Å². The summed E-state index contributed by atoms with van der Waals surface area (Å²) in [6.45, 7) is 6.11. The molecule has 144 valence electrons. The number of carbonyl (C=O) groups is 2. The maximum Gasteiger partial charge on any atom is 0.232 e. The summed E-state index contributed by atoms with van der Waals surface area (Å²) in [5, 5.41) is 0. The molecule has 0 saturated carbocycles. The Hall–Kier alpha value is -2.75. The smallest absolute Gasteiger partial charge is 0.232 e. The van der Waals surface area contributed by atoms with Gasteiger partial charge in [0.25, 0.3) is 0 Å². The zero-order chi connectivity index (χ0) is 20.1. The second-order valence-electron chi connectivity index (χ2n) is 8.68. The fraction of sp³-hybridized carbons (Fsp3) is 0.333. The number of anilines is 1. The molecule has 1 unspecified atom stereocenters. The molecule has 0 fully saturated rings. The third kappa shape index (κ3) is 3.28. The average Bonchev–Trinajstić information content (AvgIpc) is 2.61. The number of rotatable bonds is 2. The molecule has 28 heavy (non-hydrogen) atoms. The zero-order valence-electron chi connectivity index (χ0n) is 16.5. The van der Waals surface area contributed by atoms with Crippen LogP contribution in [0.2, 0.25) is 0 Å². The van der Waals surface area contributed by atoms with E-state index in [1.54, 1.807) is 17.0 Å². The molecule has 0 radical (unpaired) electrons. The first-order chi connectivity index (χ1) is 13.2. The Labute approximate surface area is 164 Å². The summed E-state index contributed by atoms with van der Waals surface area (Å²) in [4.78, 5) is 28.1. The van der Waals surface area contributed by atoms with E-state index in [9.17, 15) is 14.0 Å². The second kappa shape index (κ2) is 6.69. The summed E-state index contributed by atoms with van der Waals surface area (Å²) in [5.41, 5.74) is 3.81. The maximum atomic E-state index is 13.8. The molecule has 2 aliphatic rings. The first-order valence-electron chi connectivity index (χ1n) is 9.66. The van der Waals surface area contributed by atoms with Crippen LogP contribution in [0.15, 0.2) is 59.8 Å². The molecule has 0 aromatic heterocycles. The number of allylic oxidation sites excluding steroid dienone is 2. The molecule has 0 saturated heterocycles. The van der Waals surface area contributed by atoms with E-state index in [0.29, 0.717) is 24.0 Å². The lowest BCUT2D eigenvalue weighted by atomic mass is 9.69. The molecule has 4 heteroatoms. The van der Waals surface area contributed by atoms with Crippen LogP contribution in [0.5, 0.6) is 0 Å². The lowest BCUT2D eigenvalue weighted by Crippen LogP contribution is -2.43. The van der Waals surface area contributed by atoms with Gasteiger partial charge in [-0.25, -0.2) is 4.39 Å². The summed E-state index contributed by atoms with van der Waals surface area (Å²) in [7, 11) is 0. The number of carbonyl (C=O) groups excluding carboxylic acids is 2. The van der Waals surface area contributed by atoms with Gasteiger partial charge in [0.05, 0.1) is 0 Å². The van der Waals surface area contributed by atoms with Crippen molar-refractivity contribution >= 4 is 17.4 Å². The zero-order valence-corrected chi connectivity index (χ0v) is 16.5. The topological polar surface area (TPSA) is 37.4 Å². The highest BCUT2D eigenvalue weighted by Gasteiger charge is 2.44. The standard InChI is InChI=1S/C24H24FNO2/c1-15-7-9-18(10-8-15)26-20-13-24(2,3)14-21(27)23(20)19(12-22(26)28)16-5-4-6-17(25)11-16/h4-11,19H,12-14H2,1-3H3. The van der Waals surface area contributed by atoms with E-state index in [4.69, 9.17) is 0 Å². The number of amides is 1. The Morgan fingerprint density at radius 3 is 2.43 bits per heavy atom. The van der Waals surface area contributed by atoms with Crippen LogP contribution in [-0.2, 0) is 9.59 Å². The van der Waals surface area contributed by atoms with Crippen LogP contribution >= 0.6 is 0 Å². The summed E-state index contributed by atoms with van der Waals surface area (Å²) >= 11 is 0. The Bertz CT molecular complexity index is 988. The molecule has 1 aliphatic heterocycles. The number of benzene rings is 2. The Morgan fingerprint density at radius 1 is 1.04 bits per heavy atom. The molecule has 4 rings (SSSR count). The van der Waals surface area contributed by atoms with Gasteiger partial charge in [-0.3, -0.25) is 14.5 Å². The summed E-state index contributed by atoms with van der Waals surface area (Å²) in [6.07, 6.45) is 1.25. The number of ketones is 1. The minimum atomic E-state index is -0.386. The van der Waals surface area contributed by atoms with Gasteiger partial charge in [-0.05, 0) is 48.6 Å². The fourth-order valence-corrected chi connectivity index (χ4v) is 4.42. The van der Waals surface area contributed by atoms with E-state index in [0.717, 1.165) is 16.9 Å². The van der Waals surface area contributed by atoms with Crippen LogP contribution in [-0.4, -0.2) is 11.7 Å². The highest BCUT2D eigenvalue weighted by molar-refractivity contribution is 6.07. The van der Waals surface area contributed by atoms with Crippen molar-refractivity contribution < 1.29 is 14.0 Å². The number of aryl methyl sites for hydroxylation is 1. The first-order valence-corrected chi connectivity index (χ1v) is 9.66. The van der Waals surface area contributed by atoms with Crippen molar-refractivity contribution in [2.45, 2.75) is 46.0 Å². The molecule has 1 aliphatic carbocycles. The van der Waals surface area contributed by atoms with E-state index in [2.05, 4.69) is 13.8 Å². The minimum absolute atomic E-state index is 0.0534. The molecule has 2 aromatic rings. The molecule has 0 bridgehead atoms. The van der Waals surface area contributed by atoms with Gasteiger partial charge in [0.1, 0.15) is 5.82 Å². The first kappa shape index (κ1) is 18.6. The molecular formula is C24H24FNO2. The van der Waals surface area contributed by atoms with Crippen molar-refractivity contribution in [1.82, 2.24) is 0 Å².